The van der Waals surface area contributed by atoms with Crippen LogP contribution in [0.1, 0.15) is 57.5 Å². The monoisotopic (exact) mass is 582 g/mol. The highest BCUT2D eigenvalue weighted by atomic mass is 19.4. The van der Waals surface area contributed by atoms with Crippen LogP contribution in [0.25, 0.3) is 0 Å². The molecule has 2 aromatic carbocycles. The second-order valence-electron chi connectivity index (χ2n) is 10.6. The predicted octanol–water partition coefficient (Wildman–Crippen LogP) is 4.60. The van der Waals surface area contributed by atoms with E-state index in [1.54, 1.807) is 36.2 Å². The highest BCUT2D eigenvalue weighted by Crippen LogP contribution is 2.57. The number of hydrogen-bond acceptors (Lipinski definition) is 8. The first-order valence-corrected chi connectivity index (χ1v) is 13.6. The zero-order valence-corrected chi connectivity index (χ0v) is 23.0. The number of alkyl halides is 3. The number of halogens is 3. The van der Waals surface area contributed by atoms with E-state index in [1.165, 1.54) is 19.2 Å². The molecular formula is C29H29F3N6O4. The number of aromatic nitrogens is 2. The lowest BCUT2D eigenvalue weighted by molar-refractivity contribution is -0.139. The maximum Gasteiger partial charge on any atom is 0.423 e. The third-order valence-electron chi connectivity index (χ3n) is 8.06. The fourth-order valence-electron chi connectivity index (χ4n) is 5.58. The molecule has 1 saturated heterocycles. The van der Waals surface area contributed by atoms with Crippen LogP contribution in [0.15, 0.2) is 42.6 Å². The zero-order valence-electron chi connectivity index (χ0n) is 23.0. The number of ether oxygens (including phenoxy) is 2. The molecule has 3 aliphatic rings. The van der Waals surface area contributed by atoms with E-state index in [-0.39, 0.29) is 40.9 Å². The molecule has 42 heavy (non-hydrogen) atoms. The Balaban J connectivity index is 1.28. The van der Waals surface area contributed by atoms with Crippen molar-refractivity contribution in [3.8, 4) is 17.4 Å². The summed E-state index contributed by atoms with van der Waals surface area (Å²) in [5, 5.41) is 9.11. The third-order valence-corrected chi connectivity index (χ3v) is 8.06. The Kier molecular flexibility index (Phi) is 6.92. The predicted molar refractivity (Wildman–Crippen MR) is 146 cm³/mol. The second kappa shape index (κ2) is 10.5. The average Bonchev–Trinajstić information content (AvgIpc) is 3.75. The van der Waals surface area contributed by atoms with Crippen LogP contribution in [-0.4, -0.2) is 60.0 Å². The van der Waals surface area contributed by atoms with E-state index in [0.717, 1.165) is 44.3 Å². The van der Waals surface area contributed by atoms with Crippen molar-refractivity contribution < 1.29 is 32.2 Å². The van der Waals surface area contributed by atoms with Gasteiger partial charge in [0.15, 0.2) is 0 Å². The number of piperidine rings is 1. The minimum Gasteiger partial charge on any atom is -0.495 e. The van der Waals surface area contributed by atoms with Crippen LogP contribution in [0, 0.1) is 0 Å². The Morgan fingerprint density at radius 1 is 1.14 bits per heavy atom. The van der Waals surface area contributed by atoms with Gasteiger partial charge in [0, 0.05) is 24.8 Å². The van der Waals surface area contributed by atoms with Crippen molar-refractivity contribution in [1.29, 1.82) is 0 Å². The number of anilines is 2. The molecule has 220 valence electrons. The number of amides is 2. The number of nitrogens with zero attached hydrogens (tertiary/aromatic N) is 3. The molecule has 2 fully saturated rings. The van der Waals surface area contributed by atoms with Crippen LogP contribution >= 0.6 is 0 Å². The van der Waals surface area contributed by atoms with Crippen molar-refractivity contribution in [3.63, 3.8) is 0 Å². The number of hydrogen-bond donors (Lipinski definition) is 3. The number of fused-ring (bicyclic) bond motifs is 2. The summed E-state index contributed by atoms with van der Waals surface area (Å²) in [7, 11) is 3.09. The molecular weight excluding hydrogens is 553 g/mol. The van der Waals surface area contributed by atoms with Gasteiger partial charge in [-0.1, -0.05) is 12.1 Å². The molecule has 3 heterocycles. The standard InChI is InChI=1S/C29H29F3N6O4/c1-38-26(40)23-18(28(38)10-11-28)4-3-5-21(23)42-25-19(29(30,31)32)15-34-27(37-25)36-20-7-6-16(14-22(20)41-2)24(39)35-17-8-12-33-13-9-17/h3-7,14-15,17,33H,8-13H2,1-2H3,(H,35,39)(H,34,36,37). The van der Waals surface area contributed by atoms with Gasteiger partial charge in [0.1, 0.15) is 17.1 Å². The minimum absolute atomic E-state index is 0.00929. The molecule has 0 atom stereocenters. The molecule has 13 heteroatoms. The molecule has 6 rings (SSSR count). The van der Waals surface area contributed by atoms with Gasteiger partial charge in [-0.15, -0.1) is 0 Å². The largest absolute Gasteiger partial charge is 0.495 e. The Bertz CT molecular complexity index is 1550. The summed E-state index contributed by atoms with van der Waals surface area (Å²) in [6, 6.07) is 9.65. The molecule has 1 saturated carbocycles. The van der Waals surface area contributed by atoms with Gasteiger partial charge in [0.2, 0.25) is 11.8 Å². The van der Waals surface area contributed by atoms with Crippen molar-refractivity contribution in [2.75, 3.05) is 32.6 Å². The van der Waals surface area contributed by atoms with Gasteiger partial charge in [-0.3, -0.25) is 9.59 Å². The number of nitrogens with one attached hydrogen (secondary N) is 3. The summed E-state index contributed by atoms with van der Waals surface area (Å²) in [4.78, 5) is 35.3. The van der Waals surface area contributed by atoms with Gasteiger partial charge in [-0.2, -0.15) is 18.2 Å². The van der Waals surface area contributed by atoms with E-state index in [0.29, 0.717) is 17.4 Å². The topological polar surface area (TPSA) is 118 Å². The first-order chi connectivity index (χ1) is 20.1. The second-order valence-corrected chi connectivity index (χ2v) is 10.6. The van der Waals surface area contributed by atoms with Crippen molar-refractivity contribution in [2.24, 2.45) is 0 Å². The summed E-state index contributed by atoms with van der Waals surface area (Å²) >= 11 is 0. The Morgan fingerprint density at radius 2 is 1.90 bits per heavy atom. The molecule has 0 unspecified atom stereocenters. The summed E-state index contributed by atoms with van der Waals surface area (Å²) in [6.45, 7) is 1.66. The molecule has 1 aromatic heterocycles. The number of carbonyl (C=O) groups is 2. The maximum atomic E-state index is 13.9. The van der Waals surface area contributed by atoms with E-state index < -0.39 is 23.2 Å². The van der Waals surface area contributed by atoms with Gasteiger partial charge >= 0.3 is 6.18 Å². The molecule has 0 bridgehead atoms. The van der Waals surface area contributed by atoms with Crippen LogP contribution in [-0.2, 0) is 11.7 Å². The molecule has 2 amide bonds. The molecule has 0 radical (unpaired) electrons. The van der Waals surface area contributed by atoms with E-state index in [1.807, 2.05) is 0 Å². The summed E-state index contributed by atoms with van der Waals surface area (Å²) in [5.41, 5.74) is 0.0531. The molecule has 3 N–H and O–H groups in total. The summed E-state index contributed by atoms with van der Waals surface area (Å²) in [5.74, 6) is -1.26. The van der Waals surface area contributed by atoms with Crippen molar-refractivity contribution >= 4 is 23.5 Å². The smallest absolute Gasteiger partial charge is 0.423 e. The summed E-state index contributed by atoms with van der Waals surface area (Å²) < 4.78 is 53.0. The number of carbonyl (C=O) groups excluding carboxylic acids is 2. The maximum absolute atomic E-state index is 13.9. The van der Waals surface area contributed by atoms with E-state index in [9.17, 15) is 22.8 Å². The number of benzene rings is 2. The van der Waals surface area contributed by atoms with Crippen molar-refractivity contribution in [1.82, 2.24) is 25.5 Å². The van der Waals surface area contributed by atoms with Crippen LogP contribution in [0.4, 0.5) is 24.8 Å². The first kappa shape index (κ1) is 27.8. The molecule has 1 spiro atoms. The normalized spacial score (nSPS) is 17.6. The average molecular weight is 583 g/mol. The lowest BCUT2D eigenvalue weighted by Gasteiger charge is -2.23. The number of methoxy groups -OCH3 is 1. The fraction of sp³-hybridized carbons (Fsp3) is 0.379. The van der Waals surface area contributed by atoms with Crippen LogP contribution in [0.2, 0.25) is 0 Å². The molecule has 1 aliphatic carbocycles. The Hall–Kier alpha value is -4.39. The molecule has 3 aromatic rings. The van der Waals surface area contributed by atoms with Gasteiger partial charge in [-0.05, 0) is 68.6 Å². The van der Waals surface area contributed by atoms with Gasteiger partial charge in [0.25, 0.3) is 11.8 Å². The van der Waals surface area contributed by atoms with Crippen LogP contribution in [0.3, 0.4) is 0 Å². The van der Waals surface area contributed by atoms with Crippen LogP contribution < -0.4 is 25.4 Å². The van der Waals surface area contributed by atoms with Gasteiger partial charge in [-0.25, -0.2) is 4.98 Å². The minimum atomic E-state index is -4.81. The highest BCUT2D eigenvalue weighted by molar-refractivity contribution is 6.03. The molecule has 10 nitrogen and oxygen atoms in total. The highest BCUT2D eigenvalue weighted by Gasteiger charge is 2.57. The Morgan fingerprint density at radius 3 is 2.60 bits per heavy atom. The van der Waals surface area contributed by atoms with Gasteiger partial charge in [0.05, 0.1) is 23.9 Å². The quantitative estimate of drug-likeness (QED) is 0.370. The number of rotatable bonds is 7. The zero-order chi connectivity index (χ0) is 29.6. The fourth-order valence-corrected chi connectivity index (χ4v) is 5.58. The summed E-state index contributed by atoms with van der Waals surface area (Å²) in [6.07, 6.45) is -0.975. The molecule has 2 aliphatic heterocycles. The van der Waals surface area contributed by atoms with Gasteiger partial charge < -0.3 is 30.3 Å². The van der Waals surface area contributed by atoms with Crippen molar-refractivity contribution in [2.45, 2.75) is 43.4 Å². The lowest BCUT2D eigenvalue weighted by Crippen LogP contribution is -2.42. The van der Waals surface area contributed by atoms with Crippen LogP contribution in [0.5, 0.6) is 17.4 Å². The van der Waals surface area contributed by atoms with E-state index >= 15 is 0 Å². The SMILES string of the molecule is COc1cc(C(=O)NC2CCNCC2)ccc1Nc1ncc(C(F)(F)F)c(Oc2cccc3c2C(=O)N(C)C32CC2)n1. The lowest BCUT2D eigenvalue weighted by atomic mass is 10.0. The Labute approximate surface area is 239 Å². The van der Waals surface area contributed by atoms with E-state index in [4.69, 9.17) is 9.47 Å². The third kappa shape index (κ3) is 4.97. The van der Waals surface area contributed by atoms with E-state index in [2.05, 4.69) is 25.9 Å². The van der Waals surface area contributed by atoms with Crippen molar-refractivity contribution in [3.05, 3.63) is 64.8 Å². The first-order valence-electron chi connectivity index (χ1n) is 13.6.